The van der Waals surface area contributed by atoms with E-state index >= 15 is 0 Å². The first kappa shape index (κ1) is 22.3. The Labute approximate surface area is 193 Å². The quantitative estimate of drug-likeness (QED) is 0.522. The summed E-state index contributed by atoms with van der Waals surface area (Å²) in [6.45, 7) is 1.64. The van der Waals surface area contributed by atoms with Crippen molar-refractivity contribution in [3.63, 3.8) is 0 Å². The zero-order valence-electron chi connectivity index (χ0n) is 17.5. The first-order valence-corrected chi connectivity index (χ1v) is 12.3. The summed E-state index contributed by atoms with van der Waals surface area (Å²) in [7, 11) is -3.87. The smallest absolute Gasteiger partial charge is 0.266 e. The van der Waals surface area contributed by atoms with Gasteiger partial charge < -0.3 is 4.90 Å². The van der Waals surface area contributed by atoms with E-state index in [0.29, 0.717) is 16.3 Å². The number of benzene rings is 2. The molecule has 32 heavy (non-hydrogen) atoms. The van der Waals surface area contributed by atoms with Crippen molar-refractivity contribution >= 4 is 33.2 Å². The molecule has 1 aliphatic rings. The fraction of sp³-hybridized carbons (Fsp3) is 0.250. The highest BCUT2D eigenvalue weighted by Crippen LogP contribution is 2.27. The predicted molar refractivity (Wildman–Crippen MR) is 125 cm³/mol. The highest BCUT2D eigenvalue weighted by Gasteiger charge is 2.26. The number of anilines is 1. The number of aromatic nitrogens is 1. The molecular formula is C24H24ClN3O3S. The van der Waals surface area contributed by atoms with Crippen LogP contribution in [0.15, 0.2) is 78.0 Å². The third-order valence-electron chi connectivity index (χ3n) is 5.51. The molecule has 8 heteroatoms. The zero-order chi connectivity index (χ0) is 22.6. The van der Waals surface area contributed by atoms with Gasteiger partial charge in [-0.3, -0.25) is 14.1 Å². The number of pyridine rings is 1. The van der Waals surface area contributed by atoms with Crippen LogP contribution in [0.4, 0.5) is 5.69 Å². The van der Waals surface area contributed by atoms with Crippen LogP contribution in [0.1, 0.15) is 35.2 Å². The van der Waals surface area contributed by atoms with Crippen molar-refractivity contribution in [2.45, 2.75) is 30.7 Å². The average molecular weight is 470 g/mol. The number of sulfonamides is 1. The Morgan fingerprint density at radius 1 is 0.969 bits per heavy atom. The molecule has 0 saturated carbocycles. The van der Waals surface area contributed by atoms with Crippen LogP contribution >= 0.6 is 11.6 Å². The van der Waals surface area contributed by atoms with Gasteiger partial charge in [-0.25, -0.2) is 8.42 Å². The first-order chi connectivity index (χ1) is 15.4. The van der Waals surface area contributed by atoms with Crippen LogP contribution in [0.25, 0.3) is 0 Å². The Bertz CT molecular complexity index is 1160. The zero-order valence-corrected chi connectivity index (χ0v) is 19.1. The summed E-state index contributed by atoms with van der Waals surface area (Å²) in [5.74, 6) is -0.0179. The number of likely N-dealkylation sites (tertiary alicyclic amines) is 1. The molecule has 1 saturated heterocycles. The van der Waals surface area contributed by atoms with Gasteiger partial charge in [-0.05, 0) is 73.4 Å². The Hall–Kier alpha value is -2.90. The molecule has 0 bridgehead atoms. The summed E-state index contributed by atoms with van der Waals surface area (Å²) in [6.07, 6.45) is 6.04. The maximum Gasteiger partial charge on any atom is 0.266 e. The van der Waals surface area contributed by atoms with Crippen LogP contribution in [0.2, 0.25) is 5.02 Å². The SMILES string of the molecule is O=C(c1ccc(N(Cc2ccc(Cl)cc2)S(=O)(=O)c2cccnc2)cc1)N1CCCCC1. The Morgan fingerprint density at radius 3 is 2.28 bits per heavy atom. The van der Waals surface area contributed by atoms with E-state index in [1.165, 1.54) is 22.8 Å². The molecule has 3 aromatic rings. The van der Waals surface area contributed by atoms with Crippen LogP contribution in [-0.4, -0.2) is 37.3 Å². The number of amides is 1. The number of rotatable bonds is 6. The van der Waals surface area contributed by atoms with Gasteiger partial charge in [-0.15, -0.1) is 0 Å². The molecule has 1 fully saturated rings. The fourth-order valence-electron chi connectivity index (χ4n) is 3.75. The van der Waals surface area contributed by atoms with E-state index in [1.807, 2.05) is 4.90 Å². The standard InChI is InChI=1S/C24H24ClN3O3S/c25-21-10-6-19(7-11-21)18-28(32(30,31)23-5-4-14-26-17-23)22-12-8-20(9-13-22)24(29)27-15-2-1-3-16-27/h4-14,17H,1-3,15-16,18H2. The molecular weight excluding hydrogens is 446 g/mol. The van der Waals surface area contributed by atoms with Crippen molar-refractivity contribution in [1.29, 1.82) is 0 Å². The maximum absolute atomic E-state index is 13.5. The minimum absolute atomic E-state index is 0.0179. The molecule has 0 N–H and O–H groups in total. The molecule has 1 aliphatic heterocycles. The lowest BCUT2D eigenvalue weighted by Crippen LogP contribution is -2.35. The monoisotopic (exact) mass is 469 g/mol. The summed E-state index contributed by atoms with van der Waals surface area (Å²) in [5, 5.41) is 0.580. The lowest BCUT2D eigenvalue weighted by atomic mass is 10.1. The van der Waals surface area contributed by atoms with Crippen molar-refractivity contribution in [3.8, 4) is 0 Å². The molecule has 0 atom stereocenters. The van der Waals surface area contributed by atoms with E-state index in [-0.39, 0.29) is 17.3 Å². The van der Waals surface area contributed by atoms with Crippen LogP contribution in [0.5, 0.6) is 0 Å². The molecule has 6 nitrogen and oxygen atoms in total. The minimum Gasteiger partial charge on any atom is -0.339 e. The van der Waals surface area contributed by atoms with E-state index in [2.05, 4.69) is 4.98 Å². The molecule has 0 radical (unpaired) electrons. The number of hydrogen-bond donors (Lipinski definition) is 0. The summed E-state index contributed by atoms with van der Waals surface area (Å²) < 4.78 is 28.2. The molecule has 166 valence electrons. The largest absolute Gasteiger partial charge is 0.339 e. The normalized spacial score (nSPS) is 14.2. The molecule has 0 aliphatic carbocycles. The lowest BCUT2D eigenvalue weighted by molar-refractivity contribution is 0.0724. The van der Waals surface area contributed by atoms with Gasteiger partial charge in [-0.2, -0.15) is 0 Å². The molecule has 2 heterocycles. The molecule has 4 rings (SSSR count). The summed E-state index contributed by atoms with van der Waals surface area (Å²) in [5.41, 5.74) is 1.82. The second-order valence-corrected chi connectivity index (χ2v) is 10.0. The van der Waals surface area contributed by atoms with Gasteiger partial charge in [0.25, 0.3) is 15.9 Å². The van der Waals surface area contributed by atoms with Crippen molar-refractivity contribution in [3.05, 3.63) is 89.2 Å². The van der Waals surface area contributed by atoms with Gasteiger partial charge in [-0.1, -0.05) is 23.7 Å². The van der Waals surface area contributed by atoms with E-state index in [0.717, 1.165) is 37.9 Å². The highest BCUT2D eigenvalue weighted by molar-refractivity contribution is 7.92. The van der Waals surface area contributed by atoms with E-state index < -0.39 is 10.0 Å². The third kappa shape index (κ3) is 4.95. The molecule has 1 amide bonds. The van der Waals surface area contributed by atoms with E-state index in [1.54, 1.807) is 54.6 Å². The number of hydrogen-bond acceptors (Lipinski definition) is 4. The lowest BCUT2D eigenvalue weighted by Gasteiger charge is -2.27. The molecule has 2 aromatic carbocycles. The summed E-state index contributed by atoms with van der Waals surface area (Å²) in [6, 6.07) is 16.9. The van der Waals surface area contributed by atoms with Crippen molar-refractivity contribution in [2.24, 2.45) is 0 Å². The Morgan fingerprint density at radius 2 is 1.66 bits per heavy atom. The Kier molecular flexibility index (Phi) is 6.77. The van der Waals surface area contributed by atoms with Gasteiger partial charge in [0.15, 0.2) is 0 Å². The van der Waals surface area contributed by atoms with Crippen LogP contribution < -0.4 is 4.31 Å². The fourth-order valence-corrected chi connectivity index (χ4v) is 5.29. The van der Waals surface area contributed by atoms with Crippen molar-refractivity contribution < 1.29 is 13.2 Å². The Balaban J connectivity index is 1.66. The van der Waals surface area contributed by atoms with E-state index in [4.69, 9.17) is 11.6 Å². The summed E-state index contributed by atoms with van der Waals surface area (Å²) in [4.78, 5) is 18.7. The topological polar surface area (TPSA) is 70.6 Å². The second kappa shape index (κ2) is 9.71. The highest BCUT2D eigenvalue weighted by atomic mass is 35.5. The van der Waals surface area contributed by atoms with Gasteiger partial charge in [0, 0.05) is 36.1 Å². The minimum atomic E-state index is -3.87. The third-order valence-corrected chi connectivity index (χ3v) is 7.52. The van der Waals surface area contributed by atoms with Crippen molar-refractivity contribution in [1.82, 2.24) is 9.88 Å². The van der Waals surface area contributed by atoms with E-state index in [9.17, 15) is 13.2 Å². The van der Waals surface area contributed by atoms with Crippen molar-refractivity contribution in [2.75, 3.05) is 17.4 Å². The van der Waals surface area contributed by atoms with Crippen LogP contribution in [0, 0.1) is 0 Å². The maximum atomic E-state index is 13.5. The second-order valence-electron chi connectivity index (χ2n) is 7.73. The predicted octanol–water partition coefficient (Wildman–Crippen LogP) is 4.76. The number of carbonyl (C=O) groups excluding carboxylic acids is 1. The molecule has 0 unspecified atom stereocenters. The first-order valence-electron chi connectivity index (χ1n) is 10.5. The van der Waals surface area contributed by atoms with Crippen LogP contribution in [-0.2, 0) is 16.6 Å². The van der Waals surface area contributed by atoms with Gasteiger partial charge in [0.2, 0.25) is 0 Å². The summed E-state index contributed by atoms with van der Waals surface area (Å²) >= 11 is 5.99. The number of carbonyl (C=O) groups is 1. The number of piperidine rings is 1. The number of nitrogens with zero attached hydrogens (tertiary/aromatic N) is 3. The van der Waals surface area contributed by atoms with Gasteiger partial charge >= 0.3 is 0 Å². The molecule has 0 spiro atoms. The number of halogens is 1. The van der Waals surface area contributed by atoms with Crippen LogP contribution in [0.3, 0.4) is 0 Å². The average Bonchev–Trinajstić information content (AvgIpc) is 2.84. The molecule has 1 aromatic heterocycles. The van der Waals surface area contributed by atoms with Gasteiger partial charge in [0.05, 0.1) is 12.2 Å². The van der Waals surface area contributed by atoms with Gasteiger partial charge in [0.1, 0.15) is 4.90 Å².